The SMILES string of the molecule is Cl.NOCCC(=O)O. The fourth-order valence-corrected chi connectivity index (χ4v) is 0.146. The Bertz CT molecular complexity index is 67.5. The Morgan fingerprint density at radius 1 is 1.75 bits per heavy atom. The number of nitrogens with two attached hydrogens (primary N) is 1. The van der Waals surface area contributed by atoms with Crippen LogP contribution >= 0.6 is 12.4 Å². The van der Waals surface area contributed by atoms with E-state index in [1.54, 1.807) is 0 Å². The van der Waals surface area contributed by atoms with Crippen LogP contribution in [0.25, 0.3) is 0 Å². The molecule has 0 rings (SSSR count). The molecule has 0 aromatic rings. The number of hydrogen-bond acceptors (Lipinski definition) is 3. The molecule has 0 aromatic carbocycles. The summed E-state index contributed by atoms with van der Waals surface area (Å²) >= 11 is 0. The molecule has 0 aliphatic carbocycles. The molecule has 5 heteroatoms. The summed E-state index contributed by atoms with van der Waals surface area (Å²) in [7, 11) is 0. The second kappa shape index (κ2) is 6.68. The molecule has 0 aliphatic heterocycles. The van der Waals surface area contributed by atoms with Crippen LogP contribution in [0.2, 0.25) is 0 Å². The summed E-state index contributed by atoms with van der Waals surface area (Å²) in [6.45, 7) is 0.0787. The Balaban J connectivity index is 0. The van der Waals surface area contributed by atoms with Crippen molar-refractivity contribution >= 4 is 18.4 Å². The predicted octanol–water partition coefficient (Wildman–Crippen LogP) is -0.227. The van der Waals surface area contributed by atoms with Crippen molar-refractivity contribution in [2.75, 3.05) is 6.61 Å². The van der Waals surface area contributed by atoms with Gasteiger partial charge in [0.05, 0.1) is 13.0 Å². The Hall–Kier alpha value is -0.320. The molecule has 0 aromatic heterocycles. The lowest BCUT2D eigenvalue weighted by Gasteiger charge is -1.88. The van der Waals surface area contributed by atoms with Crippen LogP contribution in [-0.2, 0) is 9.63 Å². The highest BCUT2D eigenvalue weighted by Gasteiger charge is 1.91. The molecule has 0 spiro atoms. The molecular weight excluding hydrogens is 133 g/mol. The third-order valence-corrected chi connectivity index (χ3v) is 0.434. The van der Waals surface area contributed by atoms with E-state index in [9.17, 15) is 4.79 Å². The van der Waals surface area contributed by atoms with Crippen LogP contribution in [0, 0.1) is 0 Å². The van der Waals surface area contributed by atoms with Crippen LogP contribution in [0.1, 0.15) is 6.42 Å². The minimum absolute atomic E-state index is 0. The van der Waals surface area contributed by atoms with E-state index in [4.69, 9.17) is 5.11 Å². The number of carboxylic acids is 1. The van der Waals surface area contributed by atoms with Gasteiger partial charge in [-0.2, -0.15) is 0 Å². The van der Waals surface area contributed by atoms with Crippen LogP contribution < -0.4 is 5.90 Å². The number of hydrogen-bond donors (Lipinski definition) is 2. The second-order valence-electron chi connectivity index (χ2n) is 1.01. The smallest absolute Gasteiger partial charge is 0.305 e. The van der Waals surface area contributed by atoms with Crippen molar-refractivity contribution in [1.29, 1.82) is 0 Å². The van der Waals surface area contributed by atoms with Crippen LogP contribution in [0.5, 0.6) is 0 Å². The molecule has 8 heavy (non-hydrogen) atoms. The molecule has 4 nitrogen and oxygen atoms in total. The number of halogens is 1. The average Bonchev–Trinajstić information content (AvgIpc) is 1.61. The Labute approximate surface area is 53.0 Å². The van der Waals surface area contributed by atoms with Crippen molar-refractivity contribution in [3.05, 3.63) is 0 Å². The highest BCUT2D eigenvalue weighted by atomic mass is 35.5. The number of rotatable bonds is 3. The van der Waals surface area contributed by atoms with E-state index in [0.717, 1.165) is 0 Å². The maximum Gasteiger partial charge on any atom is 0.305 e. The zero-order chi connectivity index (χ0) is 5.70. The summed E-state index contributed by atoms with van der Waals surface area (Å²) in [5.74, 6) is 3.62. The summed E-state index contributed by atoms with van der Waals surface area (Å²) in [4.78, 5) is 13.6. The molecule has 0 fully saturated rings. The minimum Gasteiger partial charge on any atom is -0.481 e. The number of carboxylic acid groups (broad SMARTS) is 1. The number of aliphatic carboxylic acids is 1. The highest BCUT2D eigenvalue weighted by Crippen LogP contribution is 1.74. The Morgan fingerprint density at radius 3 is 2.38 bits per heavy atom. The van der Waals surface area contributed by atoms with Crippen molar-refractivity contribution in [2.24, 2.45) is 5.90 Å². The molecule has 0 amide bonds. The van der Waals surface area contributed by atoms with Gasteiger partial charge in [0.15, 0.2) is 0 Å². The van der Waals surface area contributed by atoms with Gasteiger partial charge in [-0.15, -0.1) is 12.4 Å². The standard InChI is InChI=1S/C3H7NO3.ClH/c4-7-2-1-3(5)6;/h1-2,4H2,(H,5,6);1H. The molecular formula is C3H8ClNO3. The third kappa shape index (κ3) is 9.19. The van der Waals surface area contributed by atoms with E-state index < -0.39 is 5.97 Å². The molecule has 0 aliphatic rings. The monoisotopic (exact) mass is 141 g/mol. The van der Waals surface area contributed by atoms with Crippen molar-refractivity contribution in [1.82, 2.24) is 0 Å². The summed E-state index contributed by atoms with van der Waals surface area (Å²) in [5, 5.41) is 7.91. The Morgan fingerprint density at radius 2 is 2.25 bits per heavy atom. The van der Waals surface area contributed by atoms with E-state index in [1.165, 1.54) is 0 Å². The average molecular weight is 142 g/mol. The lowest BCUT2D eigenvalue weighted by atomic mass is 10.5. The van der Waals surface area contributed by atoms with Crippen molar-refractivity contribution in [2.45, 2.75) is 6.42 Å². The second-order valence-corrected chi connectivity index (χ2v) is 1.01. The topological polar surface area (TPSA) is 72.5 Å². The molecule has 0 radical (unpaired) electrons. The van der Waals surface area contributed by atoms with E-state index in [2.05, 4.69) is 10.7 Å². The first-order valence-electron chi connectivity index (χ1n) is 1.81. The van der Waals surface area contributed by atoms with Gasteiger partial charge < -0.3 is 9.94 Å². The van der Waals surface area contributed by atoms with Gasteiger partial charge in [0.1, 0.15) is 0 Å². The molecule has 3 N–H and O–H groups in total. The molecule has 0 bridgehead atoms. The quantitative estimate of drug-likeness (QED) is 0.533. The zero-order valence-corrected chi connectivity index (χ0v) is 4.98. The van der Waals surface area contributed by atoms with Gasteiger partial charge >= 0.3 is 5.97 Å². The maximum atomic E-state index is 9.62. The largest absolute Gasteiger partial charge is 0.481 e. The van der Waals surface area contributed by atoms with Gasteiger partial charge in [-0.1, -0.05) is 0 Å². The van der Waals surface area contributed by atoms with Crippen LogP contribution in [-0.4, -0.2) is 17.7 Å². The van der Waals surface area contributed by atoms with Crippen LogP contribution in [0.3, 0.4) is 0 Å². The van der Waals surface area contributed by atoms with Crippen LogP contribution in [0.4, 0.5) is 0 Å². The first-order chi connectivity index (χ1) is 3.27. The van der Waals surface area contributed by atoms with Gasteiger partial charge in [-0.25, -0.2) is 5.90 Å². The summed E-state index contributed by atoms with van der Waals surface area (Å²) in [5.41, 5.74) is 0. The molecule has 0 atom stereocenters. The molecule has 0 saturated carbocycles. The molecule has 0 unspecified atom stereocenters. The van der Waals surface area contributed by atoms with Crippen LogP contribution in [0.15, 0.2) is 0 Å². The van der Waals surface area contributed by atoms with Crippen molar-refractivity contribution in [3.63, 3.8) is 0 Å². The Kier molecular flexibility index (Phi) is 8.87. The van der Waals surface area contributed by atoms with Gasteiger partial charge in [0.25, 0.3) is 0 Å². The molecule has 50 valence electrons. The first-order valence-corrected chi connectivity index (χ1v) is 1.81. The van der Waals surface area contributed by atoms with Gasteiger partial charge in [0.2, 0.25) is 0 Å². The predicted molar refractivity (Wildman–Crippen MR) is 29.6 cm³/mol. The first kappa shape index (κ1) is 10.6. The van der Waals surface area contributed by atoms with Crippen molar-refractivity contribution in [3.8, 4) is 0 Å². The summed E-state index contributed by atoms with van der Waals surface area (Å²) in [6, 6.07) is 0. The van der Waals surface area contributed by atoms with Gasteiger partial charge in [-0.05, 0) is 0 Å². The zero-order valence-electron chi connectivity index (χ0n) is 4.16. The van der Waals surface area contributed by atoms with E-state index in [1.807, 2.05) is 0 Å². The molecule has 0 heterocycles. The van der Waals surface area contributed by atoms with Gasteiger partial charge in [-0.3, -0.25) is 4.79 Å². The lowest BCUT2D eigenvalue weighted by molar-refractivity contribution is -0.138. The van der Waals surface area contributed by atoms with E-state index in [-0.39, 0.29) is 25.4 Å². The number of carbonyl (C=O) groups is 1. The lowest BCUT2D eigenvalue weighted by Crippen LogP contribution is -2.05. The fourth-order valence-electron chi connectivity index (χ4n) is 0.146. The maximum absolute atomic E-state index is 9.62. The fraction of sp³-hybridized carbons (Fsp3) is 0.667. The van der Waals surface area contributed by atoms with Crippen molar-refractivity contribution < 1.29 is 14.7 Å². The van der Waals surface area contributed by atoms with E-state index >= 15 is 0 Å². The minimum atomic E-state index is -0.898. The highest BCUT2D eigenvalue weighted by molar-refractivity contribution is 5.85. The summed E-state index contributed by atoms with van der Waals surface area (Å²) in [6.07, 6.45) is -0.0312. The van der Waals surface area contributed by atoms with E-state index in [0.29, 0.717) is 0 Å². The van der Waals surface area contributed by atoms with Gasteiger partial charge in [0, 0.05) is 0 Å². The molecule has 0 saturated heterocycles. The summed E-state index contributed by atoms with van der Waals surface area (Å²) < 4.78 is 0. The normalized spacial score (nSPS) is 7.62. The third-order valence-electron chi connectivity index (χ3n) is 0.434.